The number of aromatic nitrogens is 2. The molecule has 0 bridgehead atoms. The van der Waals surface area contributed by atoms with E-state index >= 15 is 0 Å². The molecule has 0 spiro atoms. The summed E-state index contributed by atoms with van der Waals surface area (Å²) in [5.74, 6) is 0.0621. The summed E-state index contributed by atoms with van der Waals surface area (Å²) in [4.78, 5) is 17.1. The molecular formula is C24H24ClN5O. The molecule has 1 aromatic heterocycles. The Hall–Kier alpha value is -3.14. The SMILES string of the molecule is N#CCCCN1CCN(C(=O)c2ccc(-c3cc(-c4ccc(Cl)cc4)[nH]n3)cc2)CC1. The van der Waals surface area contributed by atoms with Gasteiger partial charge in [-0.2, -0.15) is 10.4 Å². The molecule has 6 nitrogen and oxygen atoms in total. The first-order chi connectivity index (χ1) is 15.1. The summed E-state index contributed by atoms with van der Waals surface area (Å²) in [6.45, 7) is 4.08. The van der Waals surface area contributed by atoms with Crippen LogP contribution < -0.4 is 0 Å². The maximum Gasteiger partial charge on any atom is 0.253 e. The van der Waals surface area contributed by atoms with Crippen molar-refractivity contribution in [1.82, 2.24) is 20.0 Å². The number of carbonyl (C=O) groups is 1. The highest BCUT2D eigenvalue weighted by Crippen LogP contribution is 2.25. The maximum atomic E-state index is 12.9. The summed E-state index contributed by atoms with van der Waals surface area (Å²) in [5.41, 5.74) is 4.40. The topological polar surface area (TPSA) is 76.0 Å². The normalized spacial score (nSPS) is 14.4. The Morgan fingerprint density at radius 1 is 1.03 bits per heavy atom. The van der Waals surface area contributed by atoms with Crippen molar-refractivity contribution in [3.63, 3.8) is 0 Å². The number of rotatable bonds is 6. The third kappa shape index (κ3) is 5.13. The van der Waals surface area contributed by atoms with Gasteiger partial charge in [0.2, 0.25) is 0 Å². The van der Waals surface area contributed by atoms with Crippen molar-refractivity contribution >= 4 is 17.5 Å². The van der Waals surface area contributed by atoms with E-state index < -0.39 is 0 Å². The predicted octanol–water partition coefficient (Wildman–Crippen LogP) is 4.46. The molecule has 3 aromatic rings. The average Bonchev–Trinajstić information content (AvgIpc) is 3.30. The van der Waals surface area contributed by atoms with Crippen LogP contribution >= 0.6 is 11.6 Å². The highest BCUT2D eigenvalue weighted by Gasteiger charge is 2.22. The van der Waals surface area contributed by atoms with Crippen LogP contribution in [0.1, 0.15) is 23.2 Å². The molecule has 2 heterocycles. The largest absolute Gasteiger partial charge is 0.336 e. The fourth-order valence-electron chi connectivity index (χ4n) is 3.77. The van der Waals surface area contributed by atoms with Crippen LogP contribution in [0.3, 0.4) is 0 Å². The summed E-state index contributed by atoms with van der Waals surface area (Å²) in [5, 5.41) is 16.8. The summed E-state index contributed by atoms with van der Waals surface area (Å²) in [6, 6.07) is 19.4. The van der Waals surface area contributed by atoms with Crippen molar-refractivity contribution < 1.29 is 4.79 Å². The molecule has 158 valence electrons. The molecule has 1 amide bonds. The number of hydrogen-bond acceptors (Lipinski definition) is 4. The third-order valence-electron chi connectivity index (χ3n) is 5.58. The van der Waals surface area contributed by atoms with Crippen molar-refractivity contribution in [2.75, 3.05) is 32.7 Å². The Kier molecular flexibility index (Phi) is 6.66. The zero-order valence-electron chi connectivity index (χ0n) is 17.2. The molecule has 1 aliphatic heterocycles. The molecule has 0 radical (unpaired) electrons. The minimum Gasteiger partial charge on any atom is -0.336 e. The van der Waals surface area contributed by atoms with Crippen molar-refractivity contribution in [2.45, 2.75) is 12.8 Å². The molecule has 0 saturated carbocycles. The average molecular weight is 434 g/mol. The Morgan fingerprint density at radius 3 is 2.39 bits per heavy atom. The van der Waals surface area contributed by atoms with Gasteiger partial charge in [-0.3, -0.25) is 14.8 Å². The molecule has 2 aromatic carbocycles. The second-order valence-electron chi connectivity index (χ2n) is 7.65. The Morgan fingerprint density at radius 2 is 1.71 bits per heavy atom. The number of H-pyrrole nitrogens is 1. The second kappa shape index (κ2) is 9.78. The molecule has 7 heteroatoms. The number of hydrogen-bond donors (Lipinski definition) is 1. The van der Waals surface area contributed by atoms with E-state index in [0.29, 0.717) is 17.0 Å². The van der Waals surface area contributed by atoms with Gasteiger partial charge in [0, 0.05) is 48.7 Å². The van der Waals surface area contributed by atoms with E-state index in [1.165, 1.54) is 0 Å². The molecule has 1 saturated heterocycles. The number of nitrogens with one attached hydrogen (secondary N) is 1. The fraction of sp³-hybridized carbons (Fsp3) is 0.292. The van der Waals surface area contributed by atoms with Gasteiger partial charge in [0.25, 0.3) is 5.91 Å². The van der Waals surface area contributed by atoms with Crippen molar-refractivity contribution in [3.05, 3.63) is 65.2 Å². The Labute approximate surface area is 187 Å². The first kappa shape index (κ1) is 21.1. The monoisotopic (exact) mass is 433 g/mol. The van der Waals surface area contributed by atoms with Gasteiger partial charge in [-0.1, -0.05) is 35.9 Å². The number of halogens is 1. The number of nitriles is 1. The van der Waals surface area contributed by atoms with E-state index in [4.69, 9.17) is 16.9 Å². The molecule has 0 unspecified atom stereocenters. The van der Waals surface area contributed by atoms with Crippen LogP contribution in [0.15, 0.2) is 54.6 Å². The minimum absolute atomic E-state index is 0.0621. The van der Waals surface area contributed by atoms with Crippen LogP contribution in [0, 0.1) is 11.3 Å². The van der Waals surface area contributed by atoms with E-state index in [1.54, 1.807) is 0 Å². The smallest absolute Gasteiger partial charge is 0.253 e. The minimum atomic E-state index is 0.0621. The number of benzene rings is 2. The molecule has 1 fully saturated rings. The van der Waals surface area contributed by atoms with Gasteiger partial charge in [0.1, 0.15) is 0 Å². The van der Waals surface area contributed by atoms with Crippen molar-refractivity contribution in [1.29, 1.82) is 5.26 Å². The number of piperazine rings is 1. The predicted molar refractivity (Wildman–Crippen MR) is 122 cm³/mol. The Balaban J connectivity index is 1.37. The quantitative estimate of drug-likeness (QED) is 0.582. The van der Waals surface area contributed by atoms with Crippen LogP contribution in [0.25, 0.3) is 22.5 Å². The first-order valence-corrected chi connectivity index (χ1v) is 10.8. The lowest BCUT2D eigenvalue weighted by atomic mass is 10.1. The number of unbranched alkanes of at least 4 members (excludes halogenated alkanes) is 1. The van der Waals surface area contributed by atoms with Crippen LogP contribution in [-0.4, -0.2) is 58.6 Å². The molecule has 31 heavy (non-hydrogen) atoms. The highest BCUT2D eigenvalue weighted by atomic mass is 35.5. The maximum absolute atomic E-state index is 12.9. The molecule has 1 aliphatic rings. The van der Waals surface area contributed by atoms with Gasteiger partial charge in [0.05, 0.1) is 17.5 Å². The van der Waals surface area contributed by atoms with Crippen molar-refractivity contribution in [3.8, 4) is 28.6 Å². The van der Waals surface area contributed by atoms with Gasteiger partial charge in [0.15, 0.2) is 0 Å². The lowest BCUT2D eigenvalue weighted by Gasteiger charge is -2.34. The number of carbonyl (C=O) groups excluding carboxylic acids is 1. The zero-order chi connectivity index (χ0) is 21.6. The van der Waals surface area contributed by atoms with E-state index in [9.17, 15) is 4.79 Å². The van der Waals surface area contributed by atoms with E-state index in [1.807, 2.05) is 59.5 Å². The third-order valence-corrected chi connectivity index (χ3v) is 5.84. The molecule has 4 rings (SSSR count). The molecule has 0 atom stereocenters. The number of amides is 1. The number of aromatic amines is 1. The highest BCUT2D eigenvalue weighted by molar-refractivity contribution is 6.30. The van der Waals surface area contributed by atoms with Gasteiger partial charge in [-0.25, -0.2) is 0 Å². The van der Waals surface area contributed by atoms with E-state index in [-0.39, 0.29) is 5.91 Å². The lowest BCUT2D eigenvalue weighted by molar-refractivity contribution is 0.0636. The van der Waals surface area contributed by atoms with Gasteiger partial charge in [-0.05, 0) is 48.9 Å². The zero-order valence-corrected chi connectivity index (χ0v) is 18.0. The number of nitrogens with zero attached hydrogens (tertiary/aromatic N) is 4. The van der Waals surface area contributed by atoms with Crippen molar-refractivity contribution in [2.24, 2.45) is 0 Å². The van der Waals surface area contributed by atoms with E-state index in [0.717, 1.165) is 61.7 Å². The molecule has 1 N–H and O–H groups in total. The summed E-state index contributed by atoms with van der Waals surface area (Å²) >= 11 is 5.96. The summed E-state index contributed by atoms with van der Waals surface area (Å²) < 4.78 is 0. The molecule has 0 aliphatic carbocycles. The second-order valence-corrected chi connectivity index (χ2v) is 8.08. The van der Waals surface area contributed by atoms with Crippen LogP contribution in [0.4, 0.5) is 0 Å². The standard InChI is InChI=1S/C24H24ClN5O/c25-21-9-7-19(8-10-21)23-17-22(27-28-23)18-3-5-20(6-4-18)24(31)30-15-13-29(14-16-30)12-2-1-11-26/h3-10,17H,1-2,12-16H2,(H,27,28). The van der Waals surface area contributed by atoms with Gasteiger partial charge < -0.3 is 4.90 Å². The van der Waals surface area contributed by atoms with Crippen LogP contribution in [-0.2, 0) is 0 Å². The van der Waals surface area contributed by atoms with E-state index in [2.05, 4.69) is 21.2 Å². The van der Waals surface area contributed by atoms with Crippen LogP contribution in [0.2, 0.25) is 5.02 Å². The lowest BCUT2D eigenvalue weighted by Crippen LogP contribution is -2.48. The summed E-state index contributed by atoms with van der Waals surface area (Å²) in [6.07, 6.45) is 1.47. The van der Waals surface area contributed by atoms with Gasteiger partial charge >= 0.3 is 0 Å². The summed E-state index contributed by atoms with van der Waals surface area (Å²) in [7, 11) is 0. The molecular weight excluding hydrogens is 410 g/mol. The fourth-order valence-corrected chi connectivity index (χ4v) is 3.90. The van der Waals surface area contributed by atoms with Gasteiger partial charge in [-0.15, -0.1) is 0 Å². The Bertz CT molecular complexity index is 1060. The van der Waals surface area contributed by atoms with Crippen LogP contribution in [0.5, 0.6) is 0 Å². The first-order valence-electron chi connectivity index (χ1n) is 10.4.